The van der Waals surface area contributed by atoms with Crippen LogP contribution in [0.3, 0.4) is 0 Å². The molecule has 0 bridgehead atoms. The van der Waals surface area contributed by atoms with Crippen molar-refractivity contribution in [2.45, 2.75) is 19.6 Å². The summed E-state index contributed by atoms with van der Waals surface area (Å²) < 4.78 is 10.8. The lowest BCUT2D eigenvalue weighted by atomic mass is 10.1. The Kier molecular flexibility index (Phi) is 4.36. The molecule has 2 rings (SSSR count). The van der Waals surface area contributed by atoms with Gasteiger partial charge in [-0.25, -0.2) is 4.98 Å². The highest BCUT2D eigenvalue weighted by atomic mass is 16.5. The van der Waals surface area contributed by atoms with E-state index in [9.17, 15) is 0 Å². The van der Waals surface area contributed by atoms with Crippen LogP contribution in [0.25, 0.3) is 0 Å². The summed E-state index contributed by atoms with van der Waals surface area (Å²) in [7, 11) is 1.65. The minimum absolute atomic E-state index is 0.0219. The van der Waals surface area contributed by atoms with Crippen LogP contribution in [0.1, 0.15) is 24.1 Å². The molecule has 100 valence electrons. The van der Waals surface area contributed by atoms with Crippen molar-refractivity contribution in [3.05, 3.63) is 53.7 Å². The van der Waals surface area contributed by atoms with Gasteiger partial charge in [0.15, 0.2) is 0 Å². The van der Waals surface area contributed by atoms with Gasteiger partial charge in [-0.3, -0.25) is 0 Å². The molecule has 1 aromatic heterocycles. The molecule has 1 atom stereocenters. The summed E-state index contributed by atoms with van der Waals surface area (Å²) in [6.07, 6.45) is 1.71. The molecule has 2 aromatic rings. The zero-order chi connectivity index (χ0) is 13.7. The van der Waals surface area contributed by atoms with Crippen LogP contribution in [0.5, 0.6) is 11.6 Å². The Bertz CT molecular complexity index is 524. The van der Waals surface area contributed by atoms with Gasteiger partial charge in [-0.2, -0.15) is 0 Å². The molecule has 0 aliphatic heterocycles. The molecule has 1 heterocycles. The van der Waals surface area contributed by atoms with Gasteiger partial charge in [0.05, 0.1) is 7.11 Å². The van der Waals surface area contributed by atoms with E-state index in [1.807, 2.05) is 43.3 Å². The van der Waals surface area contributed by atoms with Crippen LogP contribution in [-0.2, 0) is 6.61 Å². The predicted molar refractivity (Wildman–Crippen MR) is 74.2 cm³/mol. The van der Waals surface area contributed by atoms with Crippen LogP contribution in [0.2, 0.25) is 0 Å². The van der Waals surface area contributed by atoms with Gasteiger partial charge in [0, 0.05) is 18.3 Å². The molecule has 0 aliphatic carbocycles. The van der Waals surface area contributed by atoms with Crippen molar-refractivity contribution >= 4 is 0 Å². The average molecular weight is 258 g/mol. The average Bonchev–Trinajstić information content (AvgIpc) is 2.46. The highest BCUT2D eigenvalue weighted by molar-refractivity contribution is 5.27. The SMILES string of the molecule is COc1ccc(COc2cc([C@@H](C)N)ccn2)cc1. The summed E-state index contributed by atoms with van der Waals surface area (Å²) in [5.74, 6) is 1.42. The predicted octanol–water partition coefficient (Wildman–Crippen LogP) is 2.69. The molecule has 0 aliphatic rings. The number of methoxy groups -OCH3 is 1. The number of pyridine rings is 1. The lowest BCUT2D eigenvalue weighted by molar-refractivity contribution is 0.293. The second-order valence-corrected chi connectivity index (χ2v) is 4.35. The highest BCUT2D eigenvalue weighted by Gasteiger charge is 2.03. The summed E-state index contributed by atoms with van der Waals surface area (Å²) in [6, 6.07) is 11.5. The first-order chi connectivity index (χ1) is 9.19. The number of aromatic nitrogens is 1. The molecule has 1 aromatic carbocycles. The van der Waals surface area contributed by atoms with E-state index < -0.39 is 0 Å². The first-order valence-corrected chi connectivity index (χ1v) is 6.16. The molecule has 0 fully saturated rings. The molecule has 4 heteroatoms. The third-order valence-electron chi connectivity index (χ3n) is 2.83. The van der Waals surface area contributed by atoms with E-state index in [1.165, 1.54) is 0 Å². The van der Waals surface area contributed by atoms with E-state index in [2.05, 4.69) is 4.98 Å². The maximum absolute atomic E-state index is 5.82. The number of hydrogen-bond donors (Lipinski definition) is 1. The van der Waals surface area contributed by atoms with Crippen molar-refractivity contribution in [2.75, 3.05) is 7.11 Å². The van der Waals surface area contributed by atoms with Crippen LogP contribution in [-0.4, -0.2) is 12.1 Å². The van der Waals surface area contributed by atoms with Crippen LogP contribution >= 0.6 is 0 Å². The third-order valence-corrected chi connectivity index (χ3v) is 2.83. The van der Waals surface area contributed by atoms with Crippen LogP contribution < -0.4 is 15.2 Å². The molecule has 0 unspecified atom stereocenters. The Morgan fingerprint density at radius 1 is 1.21 bits per heavy atom. The number of nitrogens with two attached hydrogens (primary N) is 1. The summed E-state index contributed by atoms with van der Waals surface area (Å²) >= 11 is 0. The van der Waals surface area contributed by atoms with Crippen molar-refractivity contribution in [3.8, 4) is 11.6 Å². The van der Waals surface area contributed by atoms with Crippen molar-refractivity contribution in [2.24, 2.45) is 5.73 Å². The smallest absolute Gasteiger partial charge is 0.213 e. The quantitative estimate of drug-likeness (QED) is 0.895. The van der Waals surface area contributed by atoms with Crippen LogP contribution in [0.15, 0.2) is 42.6 Å². The number of benzene rings is 1. The van der Waals surface area contributed by atoms with E-state index in [0.717, 1.165) is 16.9 Å². The molecule has 19 heavy (non-hydrogen) atoms. The lowest BCUT2D eigenvalue weighted by Crippen LogP contribution is -2.06. The van der Waals surface area contributed by atoms with Crippen molar-refractivity contribution in [1.82, 2.24) is 4.98 Å². The van der Waals surface area contributed by atoms with E-state index in [-0.39, 0.29) is 6.04 Å². The monoisotopic (exact) mass is 258 g/mol. The summed E-state index contributed by atoms with van der Waals surface area (Å²) in [5.41, 5.74) is 7.90. The van der Waals surface area contributed by atoms with Crippen LogP contribution in [0.4, 0.5) is 0 Å². The van der Waals surface area contributed by atoms with E-state index in [4.69, 9.17) is 15.2 Å². The van der Waals surface area contributed by atoms with Gasteiger partial charge >= 0.3 is 0 Å². The topological polar surface area (TPSA) is 57.4 Å². The van der Waals surface area contributed by atoms with Gasteiger partial charge in [0.2, 0.25) is 5.88 Å². The van der Waals surface area contributed by atoms with Crippen molar-refractivity contribution in [3.63, 3.8) is 0 Å². The number of ether oxygens (including phenoxy) is 2. The van der Waals surface area contributed by atoms with Gasteiger partial charge in [-0.05, 0) is 36.2 Å². The molecular formula is C15H18N2O2. The fourth-order valence-corrected chi connectivity index (χ4v) is 1.67. The van der Waals surface area contributed by atoms with Crippen LogP contribution in [0, 0.1) is 0 Å². The molecule has 0 spiro atoms. The molecule has 0 radical (unpaired) electrons. The Balaban J connectivity index is 1.99. The van der Waals surface area contributed by atoms with Gasteiger partial charge in [-0.1, -0.05) is 12.1 Å². The Morgan fingerprint density at radius 2 is 1.95 bits per heavy atom. The van der Waals surface area contributed by atoms with E-state index >= 15 is 0 Å². The second-order valence-electron chi connectivity index (χ2n) is 4.35. The first-order valence-electron chi connectivity index (χ1n) is 6.16. The van der Waals surface area contributed by atoms with E-state index in [1.54, 1.807) is 13.3 Å². The maximum Gasteiger partial charge on any atom is 0.213 e. The fourth-order valence-electron chi connectivity index (χ4n) is 1.67. The Morgan fingerprint density at radius 3 is 2.58 bits per heavy atom. The minimum Gasteiger partial charge on any atom is -0.497 e. The molecular weight excluding hydrogens is 240 g/mol. The van der Waals surface area contributed by atoms with Crippen molar-refractivity contribution < 1.29 is 9.47 Å². The Labute approximate surface area is 113 Å². The summed E-state index contributed by atoms with van der Waals surface area (Å²) in [4.78, 5) is 4.17. The number of nitrogens with zero attached hydrogens (tertiary/aromatic N) is 1. The third kappa shape index (κ3) is 3.69. The zero-order valence-corrected chi connectivity index (χ0v) is 11.2. The first kappa shape index (κ1) is 13.4. The maximum atomic E-state index is 5.82. The van der Waals surface area contributed by atoms with Gasteiger partial charge in [0.1, 0.15) is 12.4 Å². The molecule has 0 saturated carbocycles. The molecule has 0 saturated heterocycles. The molecule has 0 amide bonds. The fraction of sp³-hybridized carbons (Fsp3) is 0.267. The zero-order valence-electron chi connectivity index (χ0n) is 11.2. The minimum atomic E-state index is -0.0219. The van der Waals surface area contributed by atoms with Gasteiger partial charge < -0.3 is 15.2 Å². The van der Waals surface area contributed by atoms with Gasteiger partial charge in [-0.15, -0.1) is 0 Å². The largest absolute Gasteiger partial charge is 0.497 e. The lowest BCUT2D eigenvalue weighted by Gasteiger charge is -2.09. The number of rotatable bonds is 5. The Hall–Kier alpha value is -2.07. The van der Waals surface area contributed by atoms with Crippen molar-refractivity contribution in [1.29, 1.82) is 0 Å². The highest BCUT2D eigenvalue weighted by Crippen LogP contribution is 2.17. The number of hydrogen-bond acceptors (Lipinski definition) is 4. The summed E-state index contributed by atoms with van der Waals surface area (Å²) in [6.45, 7) is 2.40. The normalized spacial score (nSPS) is 11.9. The second kappa shape index (κ2) is 6.20. The summed E-state index contributed by atoms with van der Waals surface area (Å²) in [5, 5.41) is 0. The standard InChI is InChI=1S/C15H18N2O2/c1-11(16)13-7-8-17-15(9-13)19-10-12-3-5-14(18-2)6-4-12/h3-9,11H,10,16H2,1-2H3/t11-/m1/s1. The molecule has 4 nitrogen and oxygen atoms in total. The van der Waals surface area contributed by atoms with E-state index in [0.29, 0.717) is 12.5 Å². The van der Waals surface area contributed by atoms with Gasteiger partial charge in [0.25, 0.3) is 0 Å². The molecule has 2 N–H and O–H groups in total.